The molecule has 30 nitrogen and oxygen atoms in total. The van der Waals surface area contributed by atoms with Crippen molar-refractivity contribution < 1.29 is 350 Å². The van der Waals surface area contributed by atoms with Gasteiger partial charge in [-0.15, -0.1) is 0 Å². The van der Waals surface area contributed by atoms with Crippen molar-refractivity contribution >= 4 is 0 Å². The van der Waals surface area contributed by atoms with Crippen LogP contribution in [0.3, 0.4) is 0 Å². The van der Waals surface area contributed by atoms with E-state index in [1.165, 1.54) is 0 Å². The van der Waals surface area contributed by atoms with Crippen molar-refractivity contribution in [1.29, 1.82) is 0 Å². The molecule has 0 saturated heterocycles. The summed E-state index contributed by atoms with van der Waals surface area (Å²) in [5.74, 6) is 0. The summed E-state index contributed by atoms with van der Waals surface area (Å²) in [6.45, 7) is 0. The van der Waals surface area contributed by atoms with Gasteiger partial charge < -0.3 is 0 Å². The van der Waals surface area contributed by atoms with Gasteiger partial charge in [0.15, 0.2) is 0 Å². The zero-order valence-electron chi connectivity index (χ0n) is 18.5. The van der Waals surface area contributed by atoms with Crippen molar-refractivity contribution in [3.63, 3.8) is 0 Å². The van der Waals surface area contributed by atoms with E-state index in [2.05, 4.69) is 0 Å². The van der Waals surface area contributed by atoms with Crippen LogP contribution in [0.5, 0.6) is 0 Å². The van der Waals surface area contributed by atoms with E-state index in [4.69, 9.17) is 99.4 Å². The van der Waals surface area contributed by atoms with Crippen molar-refractivity contribution in [2.75, 3.05) is 0 Å². The van der Waals surface area contributed by atoms with Gasteiger partial charge in [0, 0.05) is 0 Å². The van der Waals surface area contributed by atoms with E-state index < -0.39 is 206 Å². The average molecular weight is 1370 g/mol. The average Bonchev–Trinajstić information content (AvgIpc) is 2.47. The van der Waals surface area contributed by atoms with E-state index >= 15 is 0 Å². The number of hydrogen-bond acceptors (Lipinski definition) is 20. The van der Waals surface area contributed by atoms with E-state index in [-0.39, 0.29) is 44.8 Å². The van der Waals surface area contributed by atoms with Crippen molar-refractivity contribution in [2.45, 2.75) is 0 Å². The van der Waals surface area contributed by atoms with Crippen molar-refractivity contribution in [3.05, 3.63) is 0 Å². The quantitative estimate of drug-likeness (QED) is 0.101. The van der Waals surface area contributed by atoms with Gasteiger partial charge in [0.1, 0.15) is 0 Å². The standard InChI is InChI=1S/2Nb.10H2O.20O.5Ti.5Zr/h;;10*1H2;;;;;;;;;;;;;;;;;;;;;;;;;;;;;;/q2*+5;;;;;;;;;;;;;;;;;;;;;10*-1;;;;;;5*+2/p-10. The second kappa shape index (κ2) is 77.2. The van der Waals surface area contributed by atoms with E-state index in [1.54, 1.807) is 0 Å². The summed E-state index contributed by atoms with van der Waals surface area (Å²) < 4.78 is 245. The van der Waals surface area contributed by atoms with Crippen LogP contribution in [0.1, 0.15) is 0 Å². The molecule has 0 unspecified atom stereocenters. The summed E-state index contributed by atoms with van der Waals surface area (Å²) in [7, 11) is 0. The molecular formula is H10Nb2O30Ti5Zr5. The van der Waals surface area contributed by atoms with Crippen molar-refractivity contribution in [2.24, 2.45) is 0 Å². The molecule has 0 aromatic rings. The molecule has 0 saturated carbocycles. The molecule has 0 heterocycles. The maximum absolute atomic E-state index is 8.84. The Bertz CT molecular complexity index is 484. The Morgan fingerprint density at radius 1 is 0.286 bits per heavy atom. The van der Waals surface area contributed by atoms with Crippen LogP contribution in [0.25, 0.3) is 0 Å². The van der Waals surface area contributed by atoms with E-state index in [0.29, 0.717) is 0 Å². The van der Waals surface area contributed by atoms with Crippen LogP contribution in [-0.4, -0.2) is 31.8 Å². The summed E-state index contributed by atoms with van der Waals surface area (Å²) in [5.41, 5.74) is 0. The van der Waals surface area contributed by atoms with Crippen LogP contribution in [0.2, 0.25) is 0 Å². The molecular weight excluding hydrogens is 1360 g/mol. The molecule has 0 aromatic carbocycles. The van der Waals surface area contributed by atoms with Crippen molar-refractivity contribution in [1.82, 2.24) is 0 Å². The van der Waals surface area contributed by atoms with Crippen LogP contribution < -0.4 is 36.9 Å². The number of rotatable bonds is 0. The topological polar surface area (TPSA) is 604 Å². The van der Waals surface area contributed by atoms with Crippen molar-refractivity contribution in [3.8, 4) is 0 Å². The van der Waals surface area contributed by atoms with Crippen LogP contribution >= 0.6 is 0 Å². The minimum absolute atomic E-state index is 0. The first-order chi connectivity index (χ1) is 17.3. The Balaban J connectivity index is -0.0000000237. The van der Waals surface area contributed by atoms with Crippen LogP contribution in [-0.2, 0) is 282 Å². The summed E-state index contributed by atoms with van der Waals surface area (Å²) in [6, 6.07) is 0. The summed E-state index contributed by atoms with van der Waals surface area (Å²) >= 11 is -39.4. The van der Waals surface area contributed by atoms with Gasteiger partial charge in [-0.1, -0.05) is 0 Å². The maximum atomic E-state index is 8.84. The molecule has 42 heavy (non-hydrogen) atoms. The molecule has 0 atom stereocenters. The Kier molecular flexibility index (Phi) is 151. The molecule has 0 fully saturated rings. The molecule has 0 aliphatic heterocycles. The predicted molar refractivity (Wildman–Crippen MR) is 29.1 cm³/mol. The molecule has 0 aliphatic rings. The monoisotopic (exact) mass is 1370 g/mol. The third-order valence-corrected chi connectivity index (χ3v) is 0. The summed E-state index contributed by atoms with van der Waals surface area (Å²) in [6.07, 6.45) is 0. The zero-order valence-corrected chi connectivity index (χ0v) is 43.0. The fraction of sp³-hybridized carbons (Fsp3) is 0. The van der Waals surface area contributed by atoms with Gasteiger partial charge in [-0.2, -0.15) is 0 Å². The van der Waals surface area contributed by atoms with Gasteiger partial charge in [-0.25, -0.2) is 0 Å². The van der Waals surface area contributed by atoms with Gasteiger partial charge in [0.2, 0.25) is 0 Å². The zero-order chi connectivity index (χ0) is 35.8. The van der Waals surface area contributed by atoms with Crippen LogP contribution in [0.4, 0.5) is 0 Å². The molecule has 240 valence electrons. The van der Waals surface area contributed by atoms with Gasteiger partial charge in [-0.3, -0.25) is 0 Å². The van der Waals surface area contributed by atoms with Gasteiger partial charge >= 0.3 is 350 Å². The molecule has 0 bridgehead atoms. The normalized spacial score (nSPS) is 6.19. The third-order valence-electron chi connectivity index (χ3n) is 0. The van der Waals surface area contributed by atoms with Gasteiger partial charge in [0.25, 0.3) is 0 Å². The SMILES string of the molecule is [Nb+5].[Nb+5].[O]=[Ti]([O-])[O-].[O]=[Ti]([O-])[O-].[O]=[Ti]([O-])[O-].[O]=[Ti]([O-])[O-].[O]=[Ti]([O-])[O-].[O]=[Zr]([OH])[OH].[O]=[Zr]([OH])[OH].[O]=[Zr]([OH])[OH].[O]=[Zr]([OH])[OH].[O]=[Zr]([OH])[OH]. The van der Waals surface area contributed by atoms with E-state index in [0.717, 1.165) is 0 Å². The summed E-state index contributed by atoms with van der Waals surface area (Å²) in [5, 5.41) is 0. The molecule has 0 amide bonds. The van der Waals surface area contributed by atoms with Crippen LogP contribution in [0, 0.1) is 0 Å². The molecule has 0 rings (SSSR count). The fourth-order valence-corrected chi connectivity index (χ4v) is 0. The molecule has 0 spiro atoms. The Morgan fingerprint density at radius 2 is 0.286 bits per heavy atom. The van der Waals surface area contributed by atoms with Gasteiger partial charge in [-0.05, 0) is 0 Å². The third kappa shape index (κ3) is 2190. The molecule has 42 heteroatoms. The fourth-order valence-electron chi connectivity index (χ4n) is 0. The summed E-state index contributed by atoms with van der Waals surface area (Å²) in [4.78, 5) is 0. The second-order valence-electron chi connectivity index (χ2n) is 2.66. The Morgan fingerprint density at radius 3 is 0.286 bits per heavy atom. The molecule has 0 aliphatic carbocycles. The first-order valence-corrected chi connectivity index (χ1v) is 31.9. The first-order valence-electron chi connectivity index (χ1n) is 6.32. The molecule has 0 radical (unpaired) electrons. The van der Waals surface area contributed by atoms with E-state index in [9.17, 15) is 0 Å². The predicted octanol–water partition coefficient (Wildman–Crippen LogP) is -18.7. The minimum atomic E-state index is -4.08. The molecule has 0 aromatic heterocycles. The van der Waals surface area contributed by atoms with E-state index in [1.807, 2.05) is 0 Å². The van der Waals surface area contributed by atoms with Crippen LogP contribution in [0.15, 0.2) is 0 Å². The molecule has 10 N–H and O–H groups in total. The number of hydrogen-bond donors (Lipinski definition) is 10. The Hall–Kier alpha value is 6.67. The Labute approximate surface area is 342 Å². The van der Waals surface area contributed by atoms with Gasteiger partial charge in [0.05, 0.1) is 0 Å². The first kappa shape index (κ1) is 82.2. The second-order valence-corrected chi connectivity index (χ2v) is 13.5.